The summed E-state index contributed by atoms with van der Waals surface area (Å²) in [7, 11) is 0. The van der Waals surface area contributed by atoms with E-state index < -0.39 is 0 Å². The summed E-state index contributed by atoms with van der Waals surface area (Å²) in [6, 6.07) is 13.7. The second-order valence-corrected chi connectivity index (χ2v) is 4.06. The minimum Gasteiger partial charge on any atom is -0.491 e. The highest BCUT2D eigenvalue weighted by atomic mass is 19.1. The minimum atomic E-state index is -0.248. The van der Waals surface area contributed by atoms with E-state index in [4.69, 9.17) is 15.2 Å². The van der Waals surface area contributed by atoms with Gasteiger partial charge in [0.2, 0.25) is 0 Å². The lowest BCUT2D eigenvalue weighted by Crippen LogP contribution is -2.07. The van der Waals surface area contributed by atoms with E-state index in [9.17, 15) is 4.39 Å². The van der Waals surface area contributed by atoms with Gasteiger partial charge in [0.25, 0.3) is 0 Å². The number of nitrogen functional groups attached to an aromatic ring is 1. The van der Waals surface area contributed by atoms with Gasteiger partial charge in [-0.15, -0.1) is 0 Å². The van der Waals surface area contributed by atoms with Crippen molar-refractivity contribution in [1.29, 1.82) is 0 Å². The molecule has 4 heteroatoms. The first kappa shape index (κ1) is 13.4. The van der Waals surface area contributed by atoms with Crippen LogP contribution in [0.2, 0.25) is 0 Å². The molecule has 2 aromatic carbocycles. The van der Waals surface area contributed by atoms with Gasteiger partial charge < -0.3 is 15.2 Å². The standard InChI is InChI=1S/C15H16FNO2/c16-15-4-2-1-3-12(15)11-18-9-10-19-14-7-5-13(17)6-8-14/h1-8H,9-11,17H2. The molecule has 0 aromatic heterocycles. The van der Waals surface area contributed by atoms with Crippen LogP contribution in [0.25, 0.3) is 0 Å². The van der Waals surface area contributed by atoms with Crippen molar-refractivity contribution in [2.75, 3.05) is 18.9 Å². The highest BCUT2D eigenvalue weighted by Crippen LogP contribution is 2.13. The van der Waals surface area contributed by atoms with Crippen molar-refractivity contribution in [3.63, 3.8) is 0 Å². The third-order valence-corrected chi connectivity index (χ3v) is 2.59. The average molecular weight is 261 g/mol. The van der Waals surface area contributed by atoms with E-state index in [1.807, 2.05) is 0 Å². The van der Waals surface area contributed by atoms with Gasteiger partial charge in [-0.1, -0.05) is 18.2 Å². The summed E-state index contributed by atoms with van der Waals surface area (Å²) in [5.74, 6) is 0.491. The van der Waals surface area contributed by atoms with Gasteiger partial charge >= 0.3 is 0 Å². The fourth-order valence-corrected chi connectivity index (χ4v) is 1.58. The summed E-state index contributed by atoms with van der Waals surface area (Å²) in [6.45, 7) is 1.06. The number of nitrogens with two attached hydrogens (primary N) is 1. The Balaban J connectivity index is 1.67. The molecule has 0 heterocycles. The summed E-state index contributed by atoms with van der Waals surface area (Å²) in [4.78, 5) is 0. The Bertz CT molecular complexity index is 514. The molecule has 2 rings (SSSR count). The van der Waals surface area contributed by atoms with Gasteiger partial charge in [0.05, 0.1) is 13.2 Å². The summed E-state index contributed by atoms with van der Waals surface area (Å²) < 4.78 is 24.1. The second kappa shape index (κ2) is 6.75. The van der Waals surface area contributed by atoms with E-state index >= 15 is 0 Å². The van der Waals surface area contributed by atoms with Crippen LogP contribution in [0.5, 0.6) is 5.75 Å². The smallest absolute Gasteiger partial charge is 0.128 e. The normalized spacial score (nSPS) is 10.4. The van der Waals surface area contributed by atoms with E-state index in [1.165, 1.54) is 6.07 Å². The van der Waals surface area contributed by atoms with Gasteiger partial charge in [-0.3, -0.25) is 0 Å². The van der Waals surface area contributed by atoms with E-state index in [0.29, 0.717) is 24.5 Å². The number of anilines is 1. The van der Waals surface area contributed by atoms with Gasteiger partial charge in [0.15, 0.2) is 0 Å². The van der Waals surface area contributed by atoms with E-state index in [-0.39, 0.29) is 12.4 Å². The molecule has 0 aliphatic rings. The Hall–Kier alpha value is -2.07. The summed E-state index contributed by atoms with van der Waals surface area (Å²) >= 11 is 0. The third-order valence-electron chi connectivity index (χ3n) is 2.59. The maximum absolute atomic E-state index is 13.3. The van der Waals surface area contributed by atoms with Gasteiger partial charge in [-0.05, 0) is 30.3 Å². The number of benzene rings is 2. The van der Waals surface area contributed by atoms with Gasteiger partial charge in [0, 0.05) is 11.3 Å². The maximum Gasteiger partial charge on any atom is 0.128 e. The van der Waals surface area contributed by atoms with Crippen LogP contribution in [-0.2, 0) is 11.3 Å². The lowest BCUT2D eigenvalue weighted by molar-refractivity contribution is 0.0872. The molecule has 0 fully saturated rings. The molecule has 0 spiro atoms. The zero-order valence-corrected chi connectivity index (χ0v) is 10.5. The monoisotopic (exact) mass is 261 g/mol. The molecule has 3 nitrogen and oxygen atoms in total. The molecule has 0 amide bonds. The first-order chi connectivity index (χ1) is 9.25. The number of hydrogen-bond donors (Lipinski definition) is 1. The molecule has 0 saturated heterocycles. The molecule has 0 atom stereocenters. The molecule has 2 N–H and O–H groups in total. The van der Waals surface area contributed by atoms with Crippen molar-refractivity contribution >= 4 is 5.69 Å². The lowest BCUT2D eigenvalue weighted by atomic mass is 10.2. The predicted molar refractivity (Wildman–Crippen MR) is 72.4 cm³/mol. The maximum atomic E-state index is 13.3. The molecule has 19 heavy (non-hydrogen) atoms. The molecule has 0 unspecified atom stereocenters. The molecule has 0 radical (unpaired) electrons. The number of rotatable bonds is 6. The van der Waals surface area contributed by atoms with Gasteiger partial charge in [-0.25, -0.2) is 4.39 Å². The molecule has 0 bridgehead atoms. The van der Waals surface area contributed by atoms with Crippen LogP contribution < -0.4 is 10.5 Å². The molecule has 0 saturated carbocycles. The summed E-state index contributed by atoms with van der Waals surface area (Å²) in [6.07, 6.45) is 0. The molecule has 100 valence electrons. The average Bonchev–Trinajstić information content (AvgIpc) is 2.42. The summed E-state index contributed by atoms with van der Waals surface area (Å²) in [5, 5.41) is 0. The van der Waals surface area contributed by atoms with Crippen molar-refractivity contribution in [3.05, 3.63) is 59.9 Å². The quantitative estimate of drug-likeness (QED) is 0.642. The van der Waals surface area contributed by atoms with Crippen LogP contribution in [0.15, 0.2) is 48.5 Å². The third kappa shape index (κ3) is 4.26. The first-order valence-electron chi connectivity index (χ1n) is 6.05. The SMILES string of the molecule is Nc1ccc(OCCOCc2ccccc2F)cc1. The highest BCUT2D eigenvalue weighted by Gasteiger charge is 2.00. The summed E-state index contributed by atoms with van der Waals surface area (Å²) in [5.41, 5.74) is 6.81. The zero-order chi connectivity index (χ0) is 13.5. The molecule has 0 aliphatic heterocycles. The minimum absolute atomic E-state index is 0.248. The first-order valence-corrected chi connectivity index (χ1v) is 6.05. The Morgan fingerprint density at radius 1 is 0.947 bits per heavy atom. The largest absolute Gasteiger partial charge is 0.491 e. The molecule has 0 aliphatic carbocycles. The topological polar surface area (TPSA) is 44.5 Å². The van der Waals surface area contributed by atoms with Crippen LogP contribution in [0.3, 0.4) is 0 Å². The Kier molecular flexibility index (Phi) is 4.75. The van der Waals surface area contributed by atoms with Crippen molar-refractivity contribution in [3.8, 4) is 5.75 Å². The number of hydrogen-bond acceptors (Lipinski definition) is 3. The number of ether oxygens (including phenoxy) is 2. The zero-order valence-electron chi connectivity index (χ0n) is 10.5. The molecular formula is C15H16FNO2. The van der Waals surface area contributed by atoms with Crippen molar-refractivity contribution < 1.29 is 13.9 Å². The van der Waals surface area contributed by atoms with E-state index in [2.05, 4.69) is 0 Å². The second-order valence-electron chi connectivity index (χ2n) is 4.06. The van der Waals surface area contributed by atoms with Crippen LogP contribution in [0, 0.1) is 5.82 Å². The van der Waals surface area contributed by atoms with Gasteiger partial charge in [0.1, 0.15) is 18.2 Å². The van der Waals surface area contributed by atoms with Crippen molar-refractivity contribution in [2.45, 2.75) is 6.61 Å². The number of halogens is 1. The molecular weight excluding hydrogens is 245 g/mol. The van der Waals surface area contributed by atoms with E-state index in [1.54, 1.807) is 42.5 Å². The lowest BCUT2D eigenvalue weighted by Gasteiger charge is -2.08. The van der Waals surface area contributed by atoms with E-state index in [0.717, 1.165) is 5.75 Å². The van der Waals surface area contributed by atoms with Gasteiger partial charge in [-0.2, -0.15) is 0 Å². The fraction of sp³-hybridized carbons (Fsp3) is 0.200. The Morgan fingerprint density at radius 2 is 1.68 bits per heavy atom. The van der Waals surface area contributed by atoms with Crippen molar-refractivity contribution in [2.24, 2.45) is 0 Å². The van der Waals surface area contributed by atoms with Crippen LogP contribution >= 0.6 is 0 Å². The predicted octanol–water partition coefficient (Wildman–Crippen LogP) is 3.00. The highest BCUT2D eigenvalue weighted by molar-refractivity contribution is 5.41. The van der Waals surface area contributed by atoms with Crippen LogP contribution in [0.1, 0.15) is 5.56 Å². The Labute approximate surface area is 111 Å². The van der Waals surface area contributed by atoms with Crippen LogP contribution in [0.4, 0.5) is 10.1 Å². The molecule has 2 aromatic rings. The van der Waals surface area contributed by atoms with Crippen LogP contribution in [-0.4, -0.2) is 13.2 Å². The fourth-order valence-electron chi connectivity index (χ4n) is 1.58. The van der Waals surface area contributed by atoms with Crippen molar-refractivity contribution in [1.82, 2.24) is 0 Å². The Morgan fingerprint density at radius 3 is 2.42 bits per heavy atom.